The van der Waals surface area contributed by atoms with Crippen molar-refractivity contribution in [2.75, 3.05) is 13.1 Å². The van der Waals surface area contributed by atoms with Gasteiger partial charge in [0.15, 0.2) is 9.84 Å². The predicted molar refractivity (Wildman–Crippen MR) is 118 cm³/mol. The molecule has 0 atom stereocenters. The van der Waals surface area contributed by atoms with Gasteiger partial charge in [0.2, 0.25) is 5.91 Å². The quantitative estimate of drug-likeness (QED) is 0.566. The molecule has 0 spiro atoms. The van der Waals surface area contributed by atoms with Crippen LogP contribution in [-0.4, -0.2) is 37.6 Å². The summed E-state index contributed by atoms with van der Waals surface area (Å²) in [6.07, 6.45) is 0.307. The van der Waals surface area contributed by atoms with Crippen molar-refractivity contribution >= 4 is 27.3 Å². The first-order valence-electron chi connectivity index (χ1n) is 9.82. The lowest BCUT2D eigenvalue weighted by Crippen LogP contribution is -2.57. The van der Waals surface area contributed by atoms with Crippen molar-refractivity contribution in [3.63, 3.8) is 0 Å². The number of hydrogen-bond acceptors (Lipinski definition) is 3. The molecule has 1 amide bonds. The van der Waals surface area contributed by atoms with E-state index in [-0.39, 0.29) is 29.8 Å². The Balaban J connectivity index is 1.46. The molecule has 1 saturated heterocycles. The molecule has 1 fully saturated rings. The van der Waals surface area contributed by atoms with E-state index in [4.69, 9.17) is 11.6 Å². The van der Waals surface area contributed by atoms with Gasteiger partial charge in [0.25, 0.3) is 0 Å². The fourth-order valence-corrected chi connectivity index (χ4v) is 5.54. The lowest BCUT2D eigenvalue weighted by atomic mass is 9.88. The highest BCUT2D eigenvalue weighted by atomic mass is 35.5. The Morgan fingerprint density at radius 3 is 1.87 bits per heavy atom. The molecule has 1 aliphatic heterocycles. The van der Waals surface area contributed by atoms with Gasteiger partial charge in [-0.05, 0) is 35.4 Å². The van der Waals surface area contributed by atoms with E-state index < -0.39 is 15.1 Å². The van der Waals surface area contributed by atoms with Crippen LogP contribution in [0.5, 0.6) is 0 Å². The summed E-state index contributed by atoms with van der Waals surface area (Å²) >= 11 is 5.86. The number of likely N-dealkylation sites (tertiary alicyclic amines) is 1. The number of amides is 1. The Morgan fingerprint density at radius 2 is 1.37 bits per heavy atom. The van der Waals surface area contributed by atoms with Gasteiger partial charge < -0.3 is 4.90 Å². The van der Waals surface area contributed by atoms with E-state index in [1.807, 2.05) is 60.7 Å². The Hall–Kier alpha value is -2.63. The van der Waals surface area contributed by atoms with Gasteiger partial charge in [0.05, 0.1) is 4.90 Å². The molecular weight excluding hydrogens is 418 g/mol. The van der Waals surface area contributed by atoms with Gasteiger partial charge in [-0.15, -0.1) is 0 Å². The van der Waals surface area contributed by atoms with Crippen LogP contribution in [0.15, 0.2) is 89.8 Å². The van der Waals surface area contributed by atoms with Crippen molar-refractivity contribution < 1.29 is 13.2 Å². The van der Waals surface area contributed by atoms with Gasteiger partial charge in [-0.1, -0.05) is 72.3 Å². The van der Waals surface area contributed by atoms with Crippen LogP contribution in [0.25, 0.3) is 0 Å². The minimum Gasteiger partial charge on any atom is -0.340 e. The Kier molecular flexibility index (Phi) is 5.93. The number of benzene rings is 3. The monoisotopic (exact) mass is 439 g/mol. The van der Waals surface area contributed by atoms with Gasteiger partial charge >= 0.3 is 0 Å². The zero-order chi connectivity index (χ0) is 21.1. The van der Waals surface area contributed by atoms with Gasteiger partial charge in [-0.3, -0.25) is 4.79 Å². The summed E-state index contributed by atoms with van der Waals surface area (Å²) in [4.78, 5) is 14.8. The zero-order valence-electron chi connectivity index (χ0n) is 16.3. The van der Waals surface area contributed by atoms with Crippen molar-refractivity contribution in [1.82, 2.24) is 4.90 Å². The Bertz CT molecular complexity index is 1070. The molecule has 3 aromatic carbocycles. The summed E-state index contributed by atoms with van der Waals surface area (Å²) in [6.45, 7) is 0.445. The molecule has 0 bridgehead atoms. The first-order valence-corrected chi connectivity index (χ1v) is 11.7. The molecule has 154 valence electrons. The van der Waals surface area contributed by atoms with E-state index >= 15 is 0 Å². The van der Waals surface area contributed by atoms with Crippen molar-refractivity contribution in [3.05, 3.63) is 101 Å². The maximum absolute atomic E-state index is 12.9. The molecule has 0 unspecified atom stereocenters. The second-order valence-electron chi connectivity index (χ2n) is 7.50. The molecule has 6 heteroatoms. The highest BCUT2D eigenvalue weighted by Crippen LogP contribution is 2.31. The molecule has 0 aromatic heterocycles. The van der Waals surface area contributed by atoms with E-state index in [0.29, 0.717) is 11.4 Å². The third-order valence-corrected chi connectivity index (χ3v) is 7.92. The van der Waals surface area contributed by atoms with Gasteiger partial charge in [-0.25, -0.2) is 8.42 Å². The first kappa shape index (κ1) is 20.6. The lowest BCUT2D eigenvalue weighted by molar-refractivity contribution is -0.134. The predicted octanol–water partition coefficient (Wildman–Crippen LogP) is 4.55. The number of sulfone groups is 1. The molecule has 4 nitrogen and oxygen atoms in total. The van der Waals surface area contributed by atoms with E-state index in [0.717, 1.165) is 11.1 Å². The molecule has 4 rings (SSSR count). The molecule has 1 heterocycles. The number of nitrogens with zero attached hydrogens (tertiary/aromatic N) is 1. The van der Waals surface area contributed by atoms with Crippen LogP contribution in [0.4, 0.5) is 0 Å². The number of carbonyl (C=O) groups is 1. The summed E-state index contributed by atoms with van der Waals surface area (Å²) < 4.78 is 25.6. The summed E-state index contributed by atoms with van der Waals surface area (Å²) in [5.74, 6) is -0.0953. The number of halogens is 1. The Labute approximate surface area is 182 Å². The van der Waals surface area contributed by atoms with Crippen molar-refractivity contribution in [2.45, 2.75) is 22.5 Å². The van der Waals surface area contributed by atoms with E-state index in [9.17, 15) is 13.2 Å². The summed E-state index contributed by atoms with van der Waals surface area (Å²) in [5, 5.41) is -0.0817. The molecule has 3 aromatic rings. The second kappa shape index (κ2) is 8.62. The SMILES string of the molecule is O=C(CC(c1ccccc1)c1ccccc1)N1CC(S(=O)(=O)c2ccc(Cl)cc2)C1. The van der Waals surface area contributed by atoms with Crippen LogP contribution in [-0.2, 0) is 14.6 Å². The summed E-state index contributed by atoms with van der Waals surface area (Å²) in [7, 11) is -3.47. The number of carbonyl (C=O) groups excluding carboxylic acids is 1. The average molecular weight is 440 g/mol. The minimum atomic E-state index is -3.47. The second-order valence-corrected chi connectivity index (χ2v) is 10.2. The van der Waals surface area contributed by atoms with Gasteiger partial charge in [-0.2, -0.15) is 0 Å². The van der Waals surface area contributed by atoms with Crippen LogP contribution in [0.1, 0.15) is 23.5 Å². The van der Waals surface area contributed by atoms with E-state index in [1.54, 1.807) is 17.0 Å². The number of rotatable bonds is 6. The van der Waals surface area contributed by atoms with Gasteiger partial charge in [0, 0.05) is 30.5 Å². The highest BCUT2D eigenvalue weighted by Gasteiger charge is 2.40. The largest absolute Gasteiger partial charge is 0.340 e. The normalized spacial score (nSPS) is 14.5. The van der Waals surface area contributed by atoms with E-state index in [2.05, 4.69) is 0 Å². The van der Waals surface area contributed by atoms with E-state index in [1.165, 1.54) is 12.1 Å². The average Bonchev–Trinajstić information content (AvgIpc) is 2.72. The van der Waals surface area contributed by atoms with Crippen molar-refractivity contribution in [3.8, 4) is 0 Å². The van der Waals surface area contributed by atoms with Crippen LogP contribution in [0.2, 0.25) is 5.02 Å². The Morgan fingerprint density at radius 1 is 0.867 bits per heavy atom. The maximum Gasteiger partial charge on any atom is 0.223 e. The fraction of sp³-hybridized carbons (Fsp3) is 0.208. The molecule has 1 aliphatic rings. The van der Waals surface area contributed by atoms with Crippen LogP contribution in [0, 0.1) is 0 Å². The topological polar surface area (TPSA) is 54.5 Å². The van der Waals surface area contributed by atoms with Crippen molar-refractivity contribution in [2.24, 2.45) is 0 Å². The zero-order valence-corrected chi connectivity index (χ0v) is 17.9. The minimum absolute atomic E-state index is 0.0322. The molecule has 0 radical (unpaired) electrons. The van der Waals surface area contributed by atoms with Crippen LogP contribution in [0.3, 0.4) is 0 Å². The first-order chi connectivity index (χ1) is 14.4. The summed E-state index contributed by atoms with van der Waals surface area (Å²) in [5.41, 5.74) is 2.14. The molecule has 30 heavy (non-hydrogen) atoms. The smallest absolute Gasteiger partial charge is 0.223 e. The summed E-state index contributed by atoms with van der Waals surface area (Å²) in [6, 6.07) is 26.0. The van der Waals surface area contributed by atoms with Gasteiger partial charge in [0.1, 0.15) is 5.25 Å². The highest BCUT2D eigenvalue weighted by molar-refractivity contribution is 7.92. The lowest BCUT2D eigenvalue weighted by Gasteiger charge is -2.39. The standard InChI is InChI=1S/C24H22ClNO3S/c25-20-11-13-21(14-12-20)30(28,29)22-16-26(17-22)24(27)15-23(18-7-3-1-4-8-18)19-9-5-2-6-10-19/h1-14,22-23H,15-17H2. The third-order valence-electron chi connectivity index (χ3n) is 5.56. The molecule has 0 saturated carbocycles. The third kappa shape index (κ3) is 4.27. The number of hydrogen-bond donors (Lipinski definition) is 0. The maximum atomic E-state index is 12.9. The molecule has 0 aliphatic carbocycles. The van der Waals surface area contributed by atoms with Crippen molar-refractivity contribution in [1.29, 1.82) is 0 Å². The fourth-order valence-electron chi connectivity index (χ4n) is 3.76. The molecule has 0 N–H and O–H groups in total. The molecular formula is C24H22ClNO3S. The van der Waals surface area contributed by atoms with Crippen LogP contribution < -0.4 is 0 Å². The van der Waals surface area contributed by atoms with Crippen LogP contribution >= 0.6 is 11.6 Å².